The van der Waals surface area contributed by atoms with Gasteiger partial charge in [0, 0.05) is 30.2 Å². The topological polar surface area (TPSA) is 78.4 Å². The van der Waals surface area contributed by atoms with Crippen molar-refractivity contribution in [2.45, 2.75) is 18.9 Å². The number of benzene rings is 2. The van der Waals surface area contributed by atoms with E-state index < -0.39 is 4.92 Å². The Balaban J connectivity index is 1.70. The molecule has 1 atom stereocenters. The molecule has 2 N–H and O–H groups in total. The predicted molar refractivity (Wildman–Crippen MR) is 79.4 cm³/mol. The van der Waals surface area contributed by atoms with Crippen LogP contribution < -0.4 is 10.5 Å². The number of nitrogens with zero attached hydrogens (tertiary/aromatic N) is 1. The molecule has 1 aliphatic carbocycles. The zero-order valence-corrected chi connectivity index (χ0v) is 11.5. The van der Waals surface area contributed by atoms with E-state index in [1.807, 2.05) is 12.1 Å². The van der Waals surface area contributed by atoms with Crippen LogP contribution in [0.4, 0.5) is 5.69 Å². The van der Waals surface area contributed by atoms with Gasteiger partial charge in [0.2, 0.25) is 0 Å². The number of nitro groups is 1. The van der Waals surface area contributed by atoms with Crippen LogP contribution in [0.15, 0.2) is 42.5 Å². The minimum absolute atomic E-state index is 0.0387. The molecule has 0 saturated carbocycles. The average molecular weight is 284 g/mol. The lowest BCUT2D eigenvalue weighted by atomic mass is 9.78. The van der Waals surface area contributed by atoms with Crippen molar-refractivity contribution in [3.8, 4) is 5.75 Å². The maximum absolute atomic E-state index is 10.8. The Hall–Kier alpha value is -2.40. The second-order valence-electron chi connectivity index (χ2n) is 5.16. The number of nitro benzene ring substituents is 1. The van der Waals surface area contributed by atoms with Crippen LogP contribution in [0.3, 0.4) is 0 Å². The van der Waals surface area contributed by atoms with Crippen LogP contribution in [-0.4, -0.2) is 11.5 Å². The molecule has 0 bridgehead atoms. The number of rotatable bonds is 5. The molecule has 0 radical (unpaired) electrons. The fourth-order valence-corrected chi connectivity index (χ4v) is 2.68. The molecule has 0 aliphatic heterocycles. The number of hydrogen-bond acceptors (Lipinski definition) is 4. The predicted octanol–water partition coefficient (Wildman–Crippen LogP) is 2.77. The normalized spacial score (nSPS) is 16.0. The molecule has 3 rings (SSSR count). The summed E-state index contributed by atoms with van der Waals surface area (Å²) < 4.78 is 5.82. The van der Waals surface area contributed by atoms with Crippen molar-refractivity contribution < 1.29 is 9.66 Å². The highest BCUT2D eigenvalue weighted by Gasteiger charge is 2.26. The summed E-state index contributed by atoms with van der Waals surface area (Å²) >= 11 is 0. The molecule has 5 nitrogen and oxygen atoms in total. The third-order valence-electron chi connectivity index (χ3n) is 3.88. The lowest BCUT2D eigenvalue weighted by Gasteiger charge is -2.30. The molecule has 0 saturated heterocycles. The Labute approximate surface area is 122 Å². The third-order valence-corrected chi connectivity index (χ3v) is 3.88. The van der Waals surface area contributed by atoms with Gasteiger partial charge in [-0.25, -0.2) is 0 Å². The van der Waals surface area contributed by atoms with Crippen LogP contribution in [0.1, 0.15) is 22.6 Å². The van der Waals surface area contributed by atoms with Gasteiger partial charge in [0.1, 0.15) is 5.75 Å². The van der Waals surface area contributed by atoms with Crippen LogP contribution in [0.5, 0.6) is 5.75 Å². The molecule has 1 unspecified atom stereocenters. The standard InChI is InChI=1S/C16H16N2O3/c17-9-12-8-14(18(19)20)5-6-16(12)21-10-13-7-11-3-1-2-4-15(11)13/h1-6,8,13H,7,9-10,17H2. The quantitative estimate of drug-likeness (QED) is 0.676. The molecular weight excluding hydrogens is 268 g/mol. The Kier molecular flexibility index (Phi) is 3.58. The zero-order chi connectivity index (χ0) is 14.8. The van der Waals surface area contributed by atoms with Crippen molar-refractivity contribution in [1.29, 1.82) is 0 Å². The van der Waals surface area contributed by atoms with Crippen molar-refractivity contribution in [3.05, 3.63) is 69.3 Å². The second-order valence-corrected chi connectivity index (χ2v) is 5.16. The molecule has 0 spiro atoms. The molecule has 21 heavy (non-hydrogen) atoms. The smallest absolute Gasteiger partial charge is 0.270 e. The van der Waals surface area contributed by atoms with Gasteiger partial charge in [0.05, 0.1) is 11.5 Å². The molecule has 5 heteroatoms. The minimum atomic E-state index is -0.425. The van der Waals surface area contributed by atoms with Gasteiger partial charge in [-0.05, 0) is 23.6 Å². The van der Waals surface area contributed by atoms with Gasteiger partial charge in [-0.2, -0.15) is 0 Å². The molecule has 0 amide bonds. The first-order valence-corrected chi connectivity index (χ1v) is 6.87. The fraction of sp³-hybridized carbons (Fsp3) is 0.250. The molecule has 2 aromatic rings. The van der Waals surface area contributed by atoms with Gasteiger partial charge >= 0.3 is 0 Å². The van der Waals surface area contributed by atoms with Crippen molar-refractivity contribution in [3.63, 3.8) is 0 Å². The first kappa shape index (κ1) is 13.6. The first-order chi connectivity index (χ1) is 10.2. The molecule has 2 aromatic carbocycles. The summed E-state index contributed by atoms with van der Waals surface area (Å²) in [6.45, 7) is 0.792. The van der Waals surface area contributed by atoms with Crippen molar-refractivity contribution >= 4 is 5.69 Å². The maximum Gasteiger partial charge on any atom is 0.270 e. The number of non-ortho nitro benzene ring substituents is 1. The maximum atomic E-state index is 10.8. The van der Waals surface area contributed by atoms with E-state index in [1.54, 1.807) is 6.07 Å². The molecule has 1 aliphatic rings. The lowest BCUT2D eigenvalue weighted by Crippen LogP contribution is -2.23. The van der Waals surface area contributed by atoms with E-state index in [0.29, 0.717) is 23.8 Å². The van der Waals surface area contributed by atoms with E-state index in [9.17, 15) is 10.1 Å². The number of ether oxygens (including phenoxy) is 1. The summed E-state index contributed by atoms with van der Waals surface area (Å²) in [5, 5.41) is 10.8. The Bertz CT molecular complexity index is 685. The van der Waals surface area contributed by atoms with E-state index in [4.69, 9.17) is 10.5 Å². The van der Waals surface area contributed by atoms with Gasteiger partial charge in [0.15, 0.2) is 0 Å². The first-order valence-electron chi connectivity index (χ1n) is 6.87. The zero-order valence-electron chi connectivity index (χ0n) is 11.5. The van der Waals surface area contributed by atoms with Crippen LogP contribution in [-0.2, 0) is 13.0 Å². The summed E-state index contributed by atoms with van der Waals surface area (Å²) in [6, 6.07) is 12.9. The van der Waals surface area contributed by atoms with Crippen LogP contribution >= 0.6 is 0 Å². The summed E-state index contributed by atoms with van der Waals surface area (Å²) in [4.78, 5) is 10.3. The number of fused-ring (bicyclic) bond motifs is 1. The Morgan fingerprint density at radius 2 is 2.10 bits per heavy atom. The second kappa shape index (κ2) is 5.54. The summed E-state index contributed by atoms with van der Waals surface area (Å²) in [5.41, 5.74) is 9.05. The Morgan fingerprint density at radius 1 is 1.29 bits per heavy atom. The van der Waals surface area contributed by atoms with Crippen LogP contribution in [0, 0.1) is 10.1 Å². The highest BCUT2D eigenvalue weighted by molar-refractivity contribution is 5.44. The van der Waals surface area contributed by atoms with E-state index in [0.717, 1.165) is 6.42 Å². The average Bonchev–Trinajstić information content (AvgIpc) is 2.48. The van der Waals surface area contributed by atoms with E-state index in [2.05, 4.69) is 12.1 Å². The molecule has 0 aromatic heterocycles. The third kappa shape index (κ3) is 2.60. The summed E-state index contributed by atoms with van der Waals surface area (Å²) in [7, 11) is 0. The van der Waals surface area contributed by atoms with Gasteiger partial charge in [-0.1, -0.05) is 24.3 Å². The number of hydrogen-bond donors (Lipinski definition) is 1. The van der Waals surface area contributed by atoms with Crippen molar-refractivity contribution in [2.24, 2.45) is 5.73 Å². The van der Waals surface area contributed by atoms with E-state index in [-0.39, 0.29) is 12.2 Å². The molecule has 0 fully saturated rings. The lowest BCUT2D eigenvalue weighted by molar-refractivity contribution is -0.384. The van der Waals surface area contributed by atoms with Gasteiger partial charge < -0.3 is 10.5 Å². The molecular formula is C16H16N2O3. The van der Waals surface area contributed by atoms with Crippen molar-refractivity contribution in [2.75, 3.05) is 6.61 Å². The van der Waals surface area contributed by atoms with E-state index in [1.165, 1.54) is 23.3 Å². The van der Waals surface area contributed by atoms with Crippen LogP contribution in [0.25, 0.3) is 0 Å². The monoisotopic (exact) mass is 284 g/mol. The van der Waals surface area contributed by atoms with Gasteiger partial charge in [0.25, 0.3) is 5.69 Å². The number of nitrogens with two attached hydrogens (primary N) is 1. The van der Waals surface area contributed by atoms with Gasteiger partial charge in [-0.15, -0.1) is 0 Å². The molecule has 0 heterocycles. The highest BCUT2D eigenvalue weighted by Crippen LogP contribution is 2.35. The minimum Gasteiger partial charge on any atom is -0.493 e. The van der Waals surface area contributed by atoms with E-state index >= 15 is 0 Å². The largest absolute Gasteiger partial charge is 0.493 e. The van der Waals surface area contributed by atoms with Crippen LogP contribution in [0.2, 0.25) is 0 Å². The summed E-state index contributed by atoms with van der Waals surface area (Å²) in [6.07, 6.45) is 1.01. The fourth-order valence-electron chi connectivity index (χ4n) is 2.68. The summed E-state index contributed by atoms with van der Waals surface area (Å²) in [5.74, 6) is 1.02. The SMILES string of the molecule is NCc1cc([N+](=O)[O-])ccc1OCC1Cc2ccccc21. The highest BCUT2D eigenvalue weighted by atomic mass is 16.6. The van der Waals surface area contributed by atoms with Gasteiger partial charge in [-0.3, -0.25) is 10.1 Å². The van der Waals surface area contributed by atoms with Crippen molar-refractivity contribution in [1.82, 2.24) is 0 Å². The Morgan fingerprint density at radius 3 is 2.81 bits per heavy atom. The molecule has 108 valence electrons.